The van der Waals surface area contributed by atoms with Gasteiger partial charge in [0.2, 0.25) is 5.91 Å². The average molecular weight is 545 g/mol. The Labute approximate surface area is 235 Å². The standard InChI is InChI=1S/C31H37FN6O2/c1-4-29(39)36-11-13-37(14-12-36)30-26-9-10-38(28-16-21(2)15-22-7-5-6-8-25(22)28)19-27(26)33-31(34-30)40-20-24-17-23(32)18-35(24)3/h4-8,15-16,23-24H,1,9-14,17-20H2,2-3H3/t23-,24+/m1/s1. The fourth-order valence-electron chi connectivity index (χ4n) is 6.26. The molecule has 6 rings (SSSR count). The lowest BCUT2D eigenvalue weighted by atomic mass is 10.0. The number of fused-ring (bicyclic) bond motifs is 2. The van der Waals surface area contributed by atoms with Gasteiger partial charge in [0.05, 0.1) is 12.2 Å². The molecule has 2 atom stereocenters. The van der Waals surface area contributed by atoms with Crippen LogP contribution in [0, 0.1) is 6.92 Å². The van der Waals surface area contributed by atoms with E-state index in [0.717, 1.165) is 30.0 Å². The molecule has 0 aliphatic carbocycles. The number of aromatic nitrogens is 2. The summed E-state index contributed by atoms with van der Waals surface area (Å²) in [6.07, 6.45) is 1.82. The largest absolute Gasteiger partial charge is 0.462 e. The van der Waals surface area contributed by atoms with Gasteiger partial charge in [-0.25, -0.2) is 4.39 Å². The van der Waals surface area contributed by atoms with Gasteiger partial charge in [0.25, 0.3) is 0 Å². The van der Waals surface area contributed by atoms with Crippen LogP contribution in [0.3, 0.4) is 0 Å². The molecule has 0 spiro atoms. The molecule has 9 heteroatoms. The topological polar surface area (TPSA) is 65.0 Å². The number of piperazine rings is 1. The molecule has 40 heavy (non-hydrogen) atoms. The summed E-state index contributed by atoms with van der Waals surface area (Å²) >= 11 is 0. The van der Waals surface area contributed by atoms with E-state index >= 15 is 0 Å². The third kappa shape index (κ3) is 5.22. The van der Waals surface area contributed by atoms with Crippen LogP contribution < -0.4 is 14.5 Å². The number of aryl methyl sites for hydroxylation is 1. The summed E-state index contributed by atoms with van der Waals surface area (Å²) in [5.41, 5.74) is 4.54. The minimum atomic E-state index is -0.828. The van der Waals surface area contributed by atoms with Crippen LogP contribution in [-0.4, -0.2) is 90.8 Å². The molecule has 210 valence electrons. The lowest BCUT2D eigenvalue weighted by Gasteiger charge is -2.38. The van der Waals surface area contributed by atoms with Gasteiger partial charge in [0.15, 0.2) is 0 Å². The van der Waals surface area contributed by atoms with Crippen molar-refractivity contribution < 1.29 is 13.9 Å². The number of hydrogen-bond acceptors (Lipinski definition) is 7. The number of likely N-dealkylation sites (tertiary alicyclic amines) is 1. The molecule has 0 N–H and O–H groups in total. The molecule has 0 bridgehead atoms. The van der Waals surface area contributed by atoms with E-state index in [-0.39, 0.29) is 11.9 Å². The molecule has 0 unspecified atom stereocenters. The first-order chi connectivity index (χ1) is 19.4. The molecule has 2 aromatic carbocycles. The molecule has 1 amide bonds. The maximum absolute atomic E-state index is 14.0. The number of amides is 1. The Kier molecular flexibility index (Phi) is 7.31. The van der Waals surface area contributed by atoms with Crippen LogP contribution in [0.4, 0.5) is 15.9 Å². The first-order valence-electron chi connectivity index (χ1n) is 14.2. The van der Waals surface area contributed by atoms with Crippen LogP contribution >= 0.6 is 0 Å². The molecule has 3 aliphatic heterocycles. The van der Waals surface area contributed by atoms with E-state index in [1.807, 2.05) is 16.8 Å². The number of alkyl halides is 1. The van der Waals surface area contributed by atoms with Crippen molar-refractivity contribution in [2.75, 3.05) is 62.7 Å². The number of rotatable bonds is 6. The second-order valence-electron chi connectivity index (χ2n) is 11.2. The molecule has 2 fully saturated rings. The van der Waals surface area contributed by atoms with E-state index in [0.29, 0.717) is 58.3 Å². The summed E-state index contributed by atoms with van der Waals surface area (Å²) in [5, 5.41) is 2.46. The summed E-state index contributed by atoms with van der Waals surface area (Å²) in [7, 11) is 1.93. The molecular formula is C31H37FN6O2. The van der Waals surface area contributed by atoms with Crippen LogP contribution in [0.25, 0.3) is 10.8 Å². The number of benzene rings is 2. The molecule has 8 nitrogen and oxygen atoms in total. The van der Waals surface area contributed by atoms with Crippen molar-refractivity contribution in [1.29, 1.82) is 0 Å². The quantitative estimate of drug-likeness (QED) is 0.438. The molecule has 1 aromatic heterocycles. The van der Waals surface area contributed by atoms with Gasteiger partial charge in [0, 0.05) is 61.9 Å². The first-order valence-corrected chi connectivity index (χ1v) is 14.2. The van der Waals surface area contributed by atoms with Gasteiger partial charge < -0.3 is 19.4 Å². The zero-order chi connectivity index (χ0) is 27.8. The van der Waals surface area contributed by atoms with Crippen molar-refractivity contribution >= 4 is 28.2 Å². The van der Waals surface area contributed by atoms with Crippen molar-refractivity contribution in [2.45, 2.75) is 38.5 Å². The number of likely N-dealkylation sites (N-methyl/N-ethyl adjacent to an activating group) is 1. The Morgan fingerprint density at radius 3 is 2.67 bits per heavy atom. The Morgan fingerprint density at radius 2 is 1.93 bits per heavy atom. The van der Waals surface area contributed by atoms with Gasteiger partial charge >= 0.3 is 6.01 Å². The van der Waals surface area contributed by atoms with Crippen molar-refractivity contribution in [3.05, 3.63) is 65.9 Å². The number of anilines is 2. The Bertz CT molecular complexity index is 1420. The van der Waals surface area contributed by atoms with Crippen LogP contribution in [0.2, 0.25) is 0 Å². The Balaban J connectivity index is 1.31. The lowest BCUT2D eigenvalue weighted by molar-refractivity contribution is -0.126. The van der Waals surface area contributed by atoms with Crippen molar-refractivity contribution in [2.24, 2.45) is 0 Å². The summed E-state index contributed by atoms with van der Waals surface area (Å²) < 4.78 is 20.1. The lowest BCUT2D eigenvalue weighted by Crippen LogP contribution is -2.49. The third-order valence-corrected chi connectivity index (χ3v) is 8.46. The van der Waals surface area contributed by atoms with Gasteiger partial charge in [-0.3, -0.25) is 9.69 Å². The van der Waals surface area contributed by atoms with Crippen LogP contribution in [0.1, 0.15) is 23.2 Å². The highest BCUT2D eigenvalue weighted by Crippen LogP contribution is 2.35. The summed E-state index contributed by atoms with van der Waals surface area (Å²) in [6.45, 7) is 10.7. The smallest absolute Gasteiger partial charge is 0.318 e. The number of nitrogens with zero attached hydrogens (tertiary/aromatic N) is 6. The normalized spacial score (nSPS) is 21.5. The molecular weight excluding hydrogens is 507 g/mol. The Hall–Kier alpha value is -3.72. The highest BCUT2D eigenvalue weighted by molar-refractivity contribution is 5.95. The number of hydrogen-bond donors (Lipinski definition) is 0. The molecule has 3 aliphatic rings. The van der Waals surface area contributed by atoms with Crippen molar-refractivity contribution in [1.82, 2.24) is 19.8 Å². The molecule has 0 radical (unpaired) electrons. The Morgan fingerprint density at radius 1 is 1.12 bits per heavy atom. The highest BCUT2D eigenvalue weighted by Gasteiger charge is 2.32. The van der Waals surface area contributed by atoms with Crippen molar-refractivity contribution in [3.8, 4) is 6.01 Å². The predicted octanol–water partition coefficient (Wildman–Crippen LogP) is 3.76. The van der Waals surface area contributed by atoms with E-state index in [2.05, 4.69) is 59.7 Å². The number of halogens is 1. The number of ether oxygens (including phenoxy) is 1. The fraction of sp³-hybridized carbons (Fsp3) is 0.452. The maximum Gasteiger partial charge on any atom is 0.318 e. The second-order valence-corrected chi connectivity index (χ2v) is 11.2. The third-order valence-electron chi connectivity index (χ3n) is 8.46. The maximum atomic E-state index is 14.0. The van der Waals surface area contributed by atoms with Gasteiger partial charge in [0.1, 0.15) is 18.6 Å². The van der Waals surface area contributed by atoms with E-state index in [4.69, 9.17) is 14.7 Å². The summed E-state index contributed by atoms with van der Waals surface area (Å²) in [6, 6.07) is 13.3. The number of carbonyl (C=O) groups excluding carboxylic acids is 1. The molecule has 3 aromatic rings. The van der Waals surface area contributed by atoms with Gasteiger partial charge in [-0.1, -0.05) is 36.9 Å². The SMILES string of the molecule is C=CC(=O)N1CCN(c2nc(OC[C@@H]3C[C@@H](F)CN3C)nc3c2CCN(c2cc(C)cc4ccccc24)C3)CC1. The minimum Gasteiger partial charge on any atom is -0.462 e. The van der Waals surface area contributed by atoms with Crippen LogP contribution in [-0.2, 0) is 17.8 Å². The fourth-order valence-corrected chi connectivity index (χ4v) is 6.26. The van der Waals surface area contributed by atoms with E-state index in [1.54, 1.807) is 0 Å². The predicted molar refractivity (Wildman–Crippen MR) is 156 cm³/mol. The van der Waals surface area contributed by atoms with Crippen LogP contribution in [0.15, 0.2) is 49.1 Å². The van der Waals surface area contributed by atoms with E-state index in [9.17, 15) is 9.18 Å². The minimum absolute atomic E-state index is 0.00157. The zero-order valence-corrected chi connectivity index (χ0v) is 23.4. The molecule has 2 saturated heterocycles. The average Bonchev–Trinajstić information content (AvgIpc) is 3.30. The molecule has 0 saturated carbocycles. The van der Waals surface area contributed by atoms with Crippen molar-refractivity contribution in [3.63, 3.8) is 0 Å². The van der Waals surface area contributed by atoms with E-state index in [1.165, 1.54) is 28.1 Å². The van der Waals surface area contributed by atoms with Gasteiger partial charge in [-0.15, -0.1) is 0 Å². The van der Waals surface area contributed by atoms with E-state index < -0.39 is 6.17 Å². The summed E-state index contributed by atoms with van der Waals surface area (Å²) in [4.78, 5) is 30.4. The monoisotopic (exact) mass is 544 g/mol. The van der Waals surface area contributed by atoms with Gasteiger partial charge in [-0.05, 0) is 49.9 Å². The first kappa shape index (κ1) is 26.5. The zero-order valence-electron chi connectivity index (χ0n) is 23.4. The number of carbonyl (C=O) groups is 1. The molecule has 4 heterocycles. The second kappa shape index (κ2) is 11.0. The summed E-state index contributed by atoms with van der Waals surface area (Å²) in [5.74, 6) is 0.851. The van der Waals surface area contributed by atoms with Gasteiger partial charge in [-0.2, -0.15) is 9.97 Å². The van der Waals surface area contributed by atoms with Crippen LogP contribution in [0.5, 0.6) is 6.01 Å². The highest BCUT2D eigenvalue weighted by atomic mass is 19.1.